The number of carboxylic acid groups (broad SMARTS) is 1. The van der Waals surface area contributed by atoms with Gasteiger partial charge in [-0.05, 0) is 36.2 Å². The van der Waals surface area contributed by atoms with Crippen molar-refractivity contribution in [3.63, 3.8) is 0 Å². The Morgan fingerprint density at radius 2 is 2.00 bits per heavy atom. The molecule has 0 saturated heterocycles. The van der Waals surface area contributed by atoms with Crippen molar-refractivity contribution in [2.45, 2.75) is 29.7 Å². The van der Waals surface area contributed by atoms with E-state index in [2.05, 4.69) is 4.98 Å². The summed E-state index contributed by atoms with van der Waals surface area (Å²) >= 11 is 1.59. The monoisotopic (exact) mass is 327 g/mol. The van der Waals surface area contributed by atoms with Crippen LogP contribution in [-0.2, 0) is 17.8 Å². The number of carbonyl (C=O) groups is 1. The fourth-order valence-corrected chi connectivity index (χ4v) is 3.83. The minimum absolute atomic E-state index is 0.0127. The highest BCUT2D eigenvalue weighted by molar-refractivity contribution is 7.99. The molecule has 118 valence electrons. The first-order chi connectivity index (χ1) is 11.1. The largest absolute Gasteiger partial charge is 0.481 e. The van der Waals surface area contributed by atoms with Crippen LogP contribution in [0.4, 0.5) is 0 Å². The first kappa shape index (κ1) is 15.6. The number of aliphatic hydroxyl groups is 1. The molecule has 3 rings (SSSR count). The van der Waals surface area contributed by atoms with Gasteiger partial charge in [0.05, 0.1) is 13.0 Å². The average Bonchev–Trinajstić information content (AvgIpc) is 2.83. The van der Waals surface area contributed by atoms with E-state index in [1.54, 1.807) is 11.8 Å². The van der Waals surface area contributed by atoms with Gasteiger partial charge in [0.2, 0.25) is 0 Å². The van der Waals surface area contributed by atoms with Crippen molar-refractivity contribution in [1.82, 2.24) is 4.98 Å². The lowest BCUT2D eigenvalue weighted by Crippen LogP contribution is -1.99. The second-order valence-corrected chi connectivity index (χ2v) is 6.48. The van der Waals surface area contributed by atoms with Crippen LogP contribution in [-0.4, -0.2) is 21.2 Å². The van der Waals surface area contributed by atoms with Crippen molar-refractivity contribution < 1.29 is 15.0 Å². The van der Waals surface area contributed by atoms with Gasteiger partial charge in [0.1, 0.15) is 0 Å². The Labute approximate surface area is 138 Å². The molecule has 4 nitrogen and oxygen atoms in total. The van der Waals surface area contributed by atoms with Crippen LogP contribution in [0, 0.1) is 6.92 Å². The fraction of sp³-hybridized carbons (Fsp3) is 0.167. The van der Waals surface area contributed by atoms with E-state index in [0.717, 1.165) is 37.5 Å². The molecule has 3 N–H and O–H groups in total. The first-order valence-corrected chi connectivity index (χ1v) is 8.09. The van der Waals surface area contributed by atoms with E-state index >= 15 is 0 Å². The lowest BCUT2D eigenvalue weighted by atomic mass is 10.1. The van der Waals surface area contributed by atoms with E-state index < -0.39 is 5.97 Å². The highest BCUT2D eigenvalue weighted by Crippen LogP contribution is 2.38. The molecule has 1 heterocycles. The number of aliphatic hydroxyl groups excluding tert-OH is 1. The van der Waals surface area contributed by atoms with E-state index in [9.17, 15) is 9.90 Å². The maximum atomic E-state index is 10.9. The number of aromatic amines is 1. The Balaban J connectivity index is 2.02. The number of aromatic nitrogens is 1. The van der Waals surface area contributed by atoms with E-state index in [1.165, 1.54) is 0 Å². The van der Waals surface area contributed by atoms with Gasteiger partial charge in [0, 0.05) is 26.4 Å². The Morgan fingerprint density at radius 1 is 1.22 bits per heavy atom. The second-order valence-electron chi connectivity index (χ2n) is 5.40. The summed E-state index contributed by atoms with van der Waals surface area (Å²) in [6.45, 7) is 1.99. The van der Waals surface area contributed by atoms with Gasteiger partial charge in [-0.1, -0.05) is 36.0 Å². The van der Waals surface area contributed by atoms with E-state index in [-0.39, 0.29) is 13.0 Å². The summed E-state index contributed by atoms with van der Waals surface area (Å²) in [4.78, 5) is 16.3. The predicted octanol–water partition coefficient (Wildman–Crippen LogP) is 3.75. The van der Waals surface area contributed by atoms with Crippen LogP contribution < -0.4 is 0 Å². The summed E-state index contributed by atoms with van der Waals surface area (Å²) in [6.07, 6.45) is 0.0170. The van der Waals surface area contributed by atoms with Gasteiger partial charge in [-0.15, -0.1) is 0 Å². The number of rotatable bonds is 5. The van der Waals surface area contributed by atoms with Crippen molar-refractivity contribution in [2.75, 3.05) is 0 Å². The van der Waals surface area contributed by atoms with Crippen molar-refractivity contribution in [3.05, 3.63) is 59.3 Å². The predicted molar refractivity (Wildman–Crippen MR) is 90.9 cm³/mol. The van der Waals surface area contributed by atoms with Crippen LogP contribution in [0.3, 0.4) is 0 Å². The minimum atomic E-state index is -0.835. The van der Waals surface area contributed by atoms with E-state index in [4.69, 9.17) is 5.11 Å². The molecule has 0 bridgehead atoms. The number of aliphatic carboxylic acids is 1. The molecule has 2 aromatic carbocycles. The van der Waals surface area contributed by atoms with Crippen molar-refractivity contribution in [2.24, 2.45) is 0 Å². The minimum Gasteiger partial charge on any atom is -0.481 e. The van der Waals surface area contributed by atoms with Crippen molar-refractivity contribution >= 4 is 28.6 Å². The van der Waals surface area contributed by atoms with Crippen LogP contribution in [0.1, 0.15) is 16.8 Å². The summed E-state index contributed by atoms with van der Waals surface area (Å²) < 4.78 is 0. The molecule has 0 saturated carbocycles. The third-order valence-corrected chi connectivity index (χ3v) is 4.89. The zero-order chi connectivity index (χ0) is 16.4. The summed E-state index contributed by atoms with van der Waals surface area (Å²) in [5, 5.41) is 19.5. The van der Waals surface area contributed by atoms with Crippen LogP contribution in [0.2, 0.25) is 0 Å². The smallest absolute Gasteiger partial charge is 0.307 e. The van der Waals surface area contributed by atoms with Crippen LogP contribution in [0.5, 0.6) is 0 Å². The molecule has 1 aromatic heterocycles. The molecular formula is C18H17NO3S. The number of hydrogen-bond donors (Lipinski definition) is 3. The van der Waals surface area contributed by atoms with Crippen LogP contribution in [0.15, 0.2) is 52.3 Å². The maximum Gasteiger partial charge on any atom is 0.307 e. The summed E-state index contributed by atoms with van der Waals surface area (Å²) in [7, 11) is 0. The summed E-state index contributed by atoms with van der Waals surface area (Å²) in [6, 6.07) is 13.4. The Bertz CT molecular complexity index is 870. The summed E-state index contributed by atoms with van der Waals surface area (Å²) in [5.41, 5.74) is 3.70. The number of fused-ring (bicyclic) bond motifs is 1. The van der Waals surface area contributed by atoms with Gasteiger partial charge in [0.25, 0.3) is 0 Å². The molecule has 0 unspecified atom stereocenters. The van der Waals surface area contributed by atoms with E-state index in [0.29, 0.717) is 0 Å². The maximum absolute atomic E-state index is 10.9. The zero-order valence-corrected chi connectivity index (χ0v) is 13.5. The molecule has 0 aliphatic heterocycles. The third kappa shape index (κ3) is 3.25. The number of nitrogens with one attached hydrogen (secondary N) is 1. The Kier molecular flexibility index (Phi) is 4.41. The lowest BCUT2D eigenvalue weighted by molar-refractivity contribution is -0.136. The zero-order valence-electron chi connectivity index (χ0n) is 12.7. The number of carboxylic acids is 1. The van der Waals surface area contributed by atoms with Gasteiger partial charge >= 0.3 is 5.97 Å². The molecule has 5 heteroatoms. The third-order valence-electron chi connectivity index (χ3n) is 3.68. The first-order valence-electron chi connectivity index (χ1n) is 7.28. The Morgan fingerprint density at radius 3 is 2.74 bits per heavy atom. The van der Waals surface area contributed by atoms with Crippen LogP contribution >= 0.6 is 11.8 Å². The topological polar surface area (TPSA) is 73.3 Å². The molecule has 0 atom stereocenters. The average molecular weight is 327 g/mol. The van der Waals surface area contributed by atoms with Crippen LogP contribution in [0.25, 0.3) is 10.9 Å². The van der Waals surface area contributed by atoms with Gasteiger partial charge < -0.3 is 15.2 Å². The van der Waals surface area contributed by atoms with E-state index in [1.807, 2.05) is 49.4 Å². The Hall–Kier alpha value is -2.24. The molecular weight excluding hydrogens is 310 g/mol. The quantitative estimate of drug-likeness (QED) is 0.667. The molecule has 3 aromatic rings. The molecule has 0 aliphatic carbocycles. The fourth-order valence-electron chi connectivity index (χ4n) is 2.69. The van der Waals surface area contributed by atoms with Gasteiger partial charge in [-0.2, -0.15) is 0 Å². The van der Waals surface area contributed by atoms with Gasteiger partial charge in [-0.25, -0.2) is 0 Å². The van der Waals surface area contributed by atoms with Crippen molar-refractivity contribution in [1.29, 1.82) is 0 Å². The highest BCUT2D eigenvalue weighted by atomic mass is 32.2. The second kappa shape index (κ2) is 6.48. The molecule has 0 spiro atoms. The molecule has 0 amide bonds. The normalized spacial score (nSPS) is 11.0. The lowest BCUT2D eigenvalue weighted by Gasteiger charge is -2.06. The standard InChI is InChI=1S/C18H17NO3S/c1-11-18(17-13(10-20)5-3-7-15(17)19-11)23-14-6-2-4-12(8-14)9-16(21)22/h2-8,19-20H,9-10H2,1H3,(H,21,22). The molecule has 0 radical (unpaired) electrons. The number of H-pyrrole nitrogens is 1. The highest BCUT2D eigenvalue weighted by Gasteiger charge is 2.13. The summed E-state index contributed by atoms with van der Waals surface area (Å²) in [5.74, 6) is -0.835. The molecule has 0 fully saturated rings. The number of aryl methyl sites for hydroxylation is 1. The SMILES string of the molecule is Cc1[nH]c2cccc(CO)c2c1Sc1cccc(CC(=O)O)c1. The van der Waals surface area contributed by atoms with Gasteiger partial charge in [0.15, 0.2) is 0 Å². The number of hydrogen-bond acceptors (Lipinski definition) is 3. The molecule has 0 aliphatic rings. The number of benzene rings is 2. The van der Waals surface area contributed by atoms with Crippen molar-refractivity contribution in [3.8, 4) is 0 Å². The van der Waals surface area contributed by atoms with Gasteiger partial charge in [-0.3, -0.25) is 4.79 Å². The molecule has 23 heavy (non-hydrogen) atoms.